The minimum Gasteiger partial charge on any atom is -0.225 e. The van der Waals surface area contributed by atoms with E-state index in [0.717, 1.165) is 16.7 Å². The Bertz CT molecular complexity index is 884. The van der Waals surface area contributed by atoms with E-state index in [4.69, 9.17) is 0 Å². The van der Waals surface area contributed by atoms with Crippen molar-refractivity contribution in [3.05, 3.63) is 71.1 Å². The highest BCUT2D eigenvalue weighted by Crippen LogP contribution is 2.26. The van der Waals surface area contributed by atoms with Gasteiger partial charge in [-0.2, -0.15) is 0 Å². The smallest absolute Gasteiger partial charge is 0.210 e. The number of aromatic nitrogens is 1. The minimum atomic E-state index is -3.41. The van der Waals surface area contributed by atoms with Crippen molar-refractivity contribution in [1.82, 2.24) is 4.98 Å². The van der Waals surface area contributed by atoms with Crippen LogP contribution in [0.3, 0.4) is 0 Å². The Morgan fingerprint density at radius 2 is 1.82 bits per heavy atom. The molecule has 0 bridgehead atoms. The normalized spacial score (nSPS) is 11.5. The Morgan fingerprint density at radius 3 is 2.55 bits per heavy atom. The summed E-state index contributed by atoms with van der Waals surface area (Å²) in [5, 5.41) is 1.79. The molecule has 112 valence electrons. The molecule has 0 radical (unpaired) electrons. The van der Waals surface area contributed by atoms with Gasteiger partial charge in [-0.25, -0.2) is 13.4 Å². The number of hydrogen-bond acceptors (Lipinski definition) is 4. The lowest BCUT2D eigenvalue weighted by Crippen LogP contribution is -2.04. The molecular formula is C17H15NO2S2. The molecule has 3 rings (SSSR count). The van der Waals surface area contributed by atoms with Crippen LogP contribution >= 0.6 is 11.3 Å². The fraction of sp³-hybridized carbons (Fsp3) is 0.118. The van der Waals surface area contributed by atoms with Crippen LogP contribution in [-0.2, 0) is 15.6 Å². The lowest BCUT2D eigenvalue weighted by molar-refractivity contribution is 0.594. The van der Waals surface area contributed by atoms with E-state index in [9.17, 15) is 8.42 Å². The van der Waals surface area contributed by atoms with Gasteiger partial charge in [0.1, 0.15) is 0 Å². The highest BCUT2D eigenvalue weighted by atomic mass is 32.2. The zero-order valence-electron chi connectivity index (χ0n) is 12.1. The van der Waals surface area contributed by atoms with Crippen molar-refractivity contribution in [3.8, 4) is 11.3 Å². The Hall–Kier alpha value is -1.98. The second-order valence-electron chi connectivity index (χ2n) is 5.11. The average molecular weight is 329 g/mol. The lowest BCUT2D eigenvalue weighted by atomic mass is 10.2. The molecule has 0 aliphatic heterocycles. The Kier molecular flexibility index (Phi) is 4.09. The first-order chi connectivity index (χ1) is 10.5. The summed E-state index contributed by atoms with van der Waals surface area (Å²) in [7, 11) is -3.41. The number of benzene rings is 2. The van der Waals surface area contributed by atoms with Crippen molar-refractivity contribution in [1.29, 1.82) is 0 Å². The Balaban J connectivity index is 1.89. The number of hydrogen-bond donors (Lipinski definition) is 0. The summed E-state index contributed by atoms with van der Waals surface area (Å²) in [5.74, 6) is -0.0174. The van der Waals surface area contributed by atoms with E-state index in [0.29, 0.717) is 5.69 Å². The maximum absolute atomic E-state index is 12.5. The van der Waals surface area contributed by atoms with Gasteiger partial charge in [-0.05, 0) is 12.5 Å². The second-order valence-corrected chi connectivity index (χ2v) is 8.13. The number of thiazole rings is 1. The van der Waals surface area contributed by atoms with E-state index in [-0.39, 0.29) is 10.1 Å². The molecule has 0 N–H and O–H groups in total. The lowest BCUT2D eigenvalue weighted by Gasteiger charge is -2.02. The molecule has 2 aromatic carbocycles. The highest BCUT2D eigenvalue weighted by molar-refractivity contribution is 7.92. The van der Waals surface area contributed by atoms with Crippen LogP contribution in [0.15, 0.2) is 64.3 Å². The quantitative estimate of drug-likeness (QED) is 0.724. The third-order valence-electron chi connectivity index (χ3n) is 3.26. The predicted molar refractivity (Wildman–Crippen MR) is 89.6 cm³/mol. The maximum atomic E-state index is 12.5. The zero-order chi connectivity index (χ0) is 15.6. The number of sulfone groups is 1. The third-order valence-corrected chi connectivity index (χ3v) is 6.28. The molecule has 3 nitrogen and oxygen atoms in total. The van der Waals surface area contributed by atoms with E-state index in [1.807, 2.05) is 61.5 Å². The molecule has 0 saturated heterocycles. The summed E-state index contributed by atoms with van der Waals surface area (Å²) in [4.78, 5) is 4.30. The van der Waals surface area contributed by atoms with Crippen molar-refractivity contribution >= 4 is 21.2 Å². The second kappa shape index (κ2) is 6.02. The van der Waals surface area contributed by atoms with Crippen LogP contribution in [0.1, 0.15) is 11.1 Å². The highest BCUT2D eigenvalue weighted by Gasteiger charge is 2.20. The molecule has 0 fully saturated rings. The molecule has 3 aromatic rings. The van der Waals surface area contributed by atoms with Crippen LogP contribution in [0.5, 0.6) is 0 Å². The molecule has 0 aliphatic rings. The van der Waals surface area contributed by atoms with Gasteiger partial charge in [0, 0.05) is 10.9 Å². The van der Waals surface area contributed by atoms with Crippen LogP contribution in [0.2, 0.25) is 0 Å². The standard InChI is InChI=1S/C17H15NO2S2/c1-13-6-5-7-14(10-13)12-22(19,20)17-18-16(11-21-17)15-8-3-2-4-9-15/h2-11H,12H2,1H3. The molecule has 0 atom stereocenters. The molecule has 0 amide bonds. The first kappa shape index (κ1) is 14.9. The average Bonchev–Trinajstić information content (AvgIpc) is 2.98. The van der Waals surface area contributed by atoms with E-state index < -0.39 is 9.84 Å². The summed E-state index contributed by atoms with van der Waals surface area (Å²) in [6.45, 7) is 1.95. The first-order valence-corrected chi connectivity index (χ1v) is 9.37. The molecule has 0 spiro atoms. The fourth-order valence-electron chi connectivity index (χ4n) is 2.22. The van der Waals surface area contributed by atoms with Crippen LogP contribution < -0.4 is 0 Å². The Morgan fingerprint density at radius 1 is 1.05 bits per heavy atom. The number of rotatable bonds is 4. The van der Waals surface area contributed by atoms with Gasteiger partial charge in [-0.1, -0.05) is 60.2 Å². The summed E-state index contributed by atoms with van der Waals surface area (Å²) in [5.41, 5.74) is 3.47. The van der Waals surface area contributed by atoms with Crippen LogP contribution in [0.4, 0.5) is 0 Å². The van der Waals surface area contributed by atoms with Crippen molar-refractivity contribution in [2.24, 2.45) is 0 Å². The van der Waals surface area contributed by atoms with Gasteiger partial charge in [-0.3, -0.25) is 0 Å². The molecule has 22 heavy (non-hydrogen) atoms. The first-order valence-electron chi connectivity index (χ1n) is 6.84. The predicted octanol–water partition coefficient (Wildman–Crippen LogP) is 4.09. The van der Waals surface area contributed by atoms with Gasteiger partial charge < -0.3 is 0 Å². The topological polar surface area (TPSA) is 47.0 Å². The number of aryl methyl sites for hydroxylation is 1. The van der Waals surface area contributed by atoms with E-state index in [2.05, 4.69) is 4.98 Å². The summed E-state index contributed by atoms with van der Waals surface area (Å²) >= 11 is 1.18. The van der Waals surface area contributed by atoms with Crippen molar-refractivity contribution in [2.75, 3.05) is 0 Å². The molecule has 0 aliphatic carbocycles. The fourth-order valence-corrected chi connectivity index (χ4v) is 4.66. The van der Waals surface area contributed by atoms with Gasteiger partial charge in [-0.15, -0.1) is 11.3 Å². The van der Waals surface area contributed by atoms with Gasteiger partial charge in [0.05, 0.1) is 11.4 Å². The van der Waals surface area contributed by atoms with Gasteiger partial charge >= 0.3 is 0 Å². The monoisotopic (exact) mass is 329 g/mol. The van der Waals surface area contributed by atoms with Crippen molar-refractivity contribution < 1.29 is 8.42 Å². The third kappa shape index (κ3) is 3.26. The molecule has 1 heterocycles. The summed E-state index contributed by atoms with van der Waals surface area (Å²) < 4.78 is 25.2. The molecule has 5 heteroatoms. The van der Waals surface area contributed by atoms with Crippen molar-refractivity contribution in [3.63, 3.8) is 0 Å². The Labute approximate surface area is 134 Å². The van der Waals surface area contributed by atoms with Gasteiger partial charge in [0.25, 0.3) is 0 Å². The van der Waals surface area contributed by atoms with Gasteiger partial charge in [0.15, 0.2) is 0 Å². The van der Waals surface area contributed by atoms with E-state index in [1.165, 1.54) is 11.3 Å². The summed E-state index contributed by atoms with van der Waals surface area (Å²) in [6.07, 6.45) is 0. The molecule has 1 aromatic heterocycles. The van der Waals surface area contributed by atoms with Crippen molar-refractivity contribution in [2.45, 2.75) is 17.0 Å². The maximum Gasteiger partial charge on any atom is 0.210 e. The SMILES string of the molecule is Cc1cccc(CS(=O)(=O)c2nc(-c3ccccc3)cs2)c1. The summed E-state index contributed by atoms with van der Waals surface area (Å²) in [6, 6.07) is 17.1. The van der Waals surface area contributed by atoms with Crippen LogP contribution in [0, 0.1) is 6.92 Å². The zero-order valence-corrected chi connectivity index (χ0v) is 13.7. The van der Waals surface area contributed by atoms with E-state index in [1.54, 1.807) is 5.38 Å². The minimum absolute atomic E-state index is 0.0174. The molecule has 0 unspecified atom stereocenters. The van der Waals surface area contributed by atoms with Crippen LogP contribution in [0.25, 0.3) is 11.3 Å². The van der Waals surface area contributed by atoms with Gasteiger partial charge in [0.2, 0.25) is 14.2 Å². The largest absolute Gasteiger partial charge is 0.225 e. The van der Waals surface area contributed by atoms with Crippen LogP contribution in [-0.4, -0.2) is 13.4 Å². The molecule has 0 saturated carbocycles. The molecular weight excluding hydrogens is 314 g/mol. The number of nitrogens with zero attached hydrogens (tertiary/aromatic N) is 1. The van der Waals surface area contributed by atoms with E-state index >= 15 is 0 Å².